The van der Waals surface area contributed by atoms with E-state index in [2.05, 4.69) is 9.97 Å². The molecule has 2 aromatic heterocycles. The van der Waals surface area contributed by atoms with Crippen LogP contribution in [0.15, 0.2) is 28.9 Å². The third-order valence-corrected chi connectivity index (χ3v) is 2.14. The standard InChI is InChI=1S/C11H10N2O3/c1-7-9(6-10(14)15)13-11(16-7)8-2-4-12-5-3-8/h2-5H,6H2,1H3,(H,14,15). The molecule has 0 spiro atoms. The lowest BCUT2D eigenvalue weighted by Gasteiger charge is -1.91. The van der Waals surface area contributed by atoms with Crippen LogP contribution in [0, 0.1) is 6.92 Å². The third kappa shape index (κ3) is 2.08. The van der Waals surface area contributed by atoms with Crippen LogP contribution in [0.5, 0.6) is 0 Å². The molecule has 0 bridgehead atoms. The molecule has 0 unspecified atom stereocenters. The summed E-state index contributed by atoms with van der Waals surface area (Å²) in [5.74, 6) is 0.0445. The average molecular weight is 218 g/mol. The Balaban J connectivity index is 2.34. The van der Waals surface area contributed by atoms with Gasteiger partial charge in [0.2, 0.25) is 5.89 Å². The highest BCUT2D eigenvalue weighted by molar-refractivity contribution is 5.70. The number of carbonyl (C=O) groups is 1. The molecule has 0 aliphatic rings. The van der Waals surface area contributed by atoms with Crippen molar-refractivity contribution in [2.24, 2.45) is 0 Å². The number of hydrogen-bond donors (Lipinski definition) is 1. The van der Waals surface area contributed by atoms with Gasteiger partial charge in [-0.3, -0.25) is 9.78 Å². The summed E-state index contributed by atoms with van der Waals surface area (Å²) in [6.07, 6.45) is 3.14. The molecule has 0 saturated heterocycles. The third-order valence-electron chi connectivity index (χ3n) is 2.14. The fourth-order valence-corrected chi connectivity index (χ4v) is 1.35. The molecule has 0 aromatic carbocycles. The first-order valence-electron chi connectivity index (χ1n) is 4.75. The molecule has 2 rings (SSSR count). The van der Waals surface area contributed by atoms with Crippen LogP contribution < -0.4 is 0 Å². The first-order valence-corrected chi connectivity index (χ1v) is 4.75. The minimum Gasteiger partial charge on any atom is -0.481 e. The van der Waals surface area contributed by atoms with Crippen LogP contribution in [0.3, 0.4) is 0 Å². The predicted octanol–water partition coefficient (Wildman–Crippen LogP) is 1.67. The lowest BCUT2D eigenvalue weighted by atomic mass is 10.2. The van der Waals surface area contributed by atoms with Gasteiger partial charge in [-0.2, -0.15) is 0 Å². The maximum absolute atomic E-state index is 10.6. The summed E-state index contributed by atoms with van der Waals surface area (Å²) >= 11 is 0. The Labute approximate surface area is 91.8 Å². The van der Waals surface area contributed by atoms with Crippen LogP contribution in [0.1, 0.15) is 11.5 Å². The van der Waals surface area contributed by atoms with Gasteiger partial charge in [0.25, 0.3) is 0 Å². The molecule has 0 radical (unpaired) electrons. The lowest BCUT2D eigenvalue weighted by molar-refractivity contribution is -0.136. The Bertz CT molecular complexity index is 505. The number of rotatable bonds is 3. The first kappa shape index (κ1) is 10.4. The molecular formula is C11H10N2O3. The molecule has 0 aliphatic carbocycles. The number of oxazole rings is 1. The summed E-state index contributed by atoms with van der Waals surface area (Å²) < 4.78 is 5.40. The van der Waals surface area contributed by atoms with E-state index in [9.17, 15) is 4.79 Å². The number of aliphatic carboxylic acids is 1. The summed E-state index contributed by atoms with van der Waals surface area (Å²) in [7, 11) is 0. The number of aromatic nitrogens is 2. The largest absolute Gasteiger partial charge is 0.481 e. The molecule has 5 nitrogen and oxygen atoms in total. The number of carboxylic acid groups (broad SMARTS) is 1. The molecule has 2 aromatic rings. The quantitative estimate of drug-likeness (QED) is 0.847. The van der Waals surface area contributed by atoms with E-state index in [-0.39, 0.29) is 6.42 Å². The van der Waals surface area contributed by atoms with Gasteiger partial charge in [-0.1, -0.05) is 0 Å². The number of nitrogens with zero attached hydrogens (tertiary/aromatic N) is 2. The lowest BCUT2D eigenvalue weighted by Crippen LogP contribution is -2.01. The monoisotopic (exact) mass is 218 g/mol. The van der Waals surface area contributed by atoms with Crippen LogP contribution in [0.4, 0.5) is 0 Å². The zero-order valence-electron chi connectivity index (χ0n) is 8.67. The van der Waals surface area contributed by atoms with E-state index in [1.807, 2.05) is 0 Å². The van der Waals surface area contributed by atoms with Gasteiger partial charge >= 0.3 is 5.97 Å². The topological polar surface area (TPSA) is 76.2 Å². The van der Waals surface area contributed by atoms with Crippen LogP contribution in [0.25, 0.3) is 11.5 Å². The van der Waals surface area contributed by atoms with Gasteiger partial charge in [0.15, 0.2) is 0 Å². The molecule has 2 heterocycles. The Kier molecular flexibility index (Phi) is 2.68. The van der Waals surface area contributed by atoms with Crippen molar-refractivity contribution in [1.82, 2.24) is 9.97 Å². The van der Waals surface area contributed by atoms with Crippen LogP contribution >= 0.6 is 0 Å². The summed E-state index contributed by atoms with van der Waals surface area (Å²) in [5.41, 5.74) is 1.24. The van der Waals surface area contributed by atoms with Gasteiger partial charge in [-0.05, 0) is 19.1 Å². The van der Waals surface area contributed by atoms with Crippen molar-refractivity contribution < 1.29 is 14.3 Å². The summed E-state index contributed by atoms with van der Waals surface area (Å²) in [5, 5.41) is 8.68. The van der Waals surface area contributed by atoms with E-state index >= 15 is 0 Å². The highest BCUT2D eigenvalue weighted by atomic mass is 16.4. The number of pyridine rings is 1. The van der Waals surface area contributed by atoms with Crippen molar-refractivity contribution >= 4 is 5.97 Å². The Morgan fingerprint density at radius 1 is 1.44 bits per heavy atom. The Morgan fingerprint density at radius 2 is 2.12 bits per heavy atom. The van der Waals surface area contributed by atoms with E-state index in [1.54, 1.807) is 31.5 Å². The van der Waals surface area contributed by atoms with Crippen LogP contribution in [0.2, 0.25) is 0 Å². The van der Waals surface area contributed by atoms with Gasteiger partial charge in [-0.25, -0.2) is 4.98 Å². The fourth-order valence-electron chi connectivity index (χ4n) is 1.35. The molecule has 0 atom stereocenters. The number of aryl methyl sites for hydroxylation is 1. The second kappa shape index (κ2) is 4.14. The van der Waals surface area contributed by atoms with E-state index in [1.165, 1.54) is 0 Å². The average Bonchev–Trinajstić information content (AvgIpc) is 2.61. The summed E-state index contributed by atoms with van der Waals surface area (Å²) in [4.78, 5) is 18.6. The van der Waals surface area contributed by atoms with Gasteiger partial charge < -0.3 is 9.52 Å². The second-order valence-corrected chi connectivity index (χ2v) is 3.33. The molecule has 0 fully saturated rings. The molecule has 16 heavy (non-hydrogen) atoms. The summed E-state index contributed by atoms with van der Waals surface area (Å²) in [6.45, 7) is 1.70. The second-order valence-electron chi connectivity index (χ2n) is 3.33. The van der Waals surface area contributed by atoms with Crippen molar-refractivity contribution in [3.63, 3.8) is 0 Å². The van der Waals surface area contributed by atoms with Crippen molar-refractivity contribution in [2.75, 3.05) is 0 Å². The summed E-state index contributed by atoms with van der Waals surface area (Å²) in [6, 6.07) is 3.52. The normalized spacial score (nSPS) is 10.3. The van der Waals surface area contributed by atoms with Gasteiger partial charge in [0.1, 0.15) is 5.76 Å². The van der Waals surface area contributed by atoms with Gasteiger partial charge in [0, 0.05) is 18.0 Å². The van der Waals surface area contributed by atoms with Gasteiger partial charge in [0.05, 0.1) is 12.1 Å². The molecule has 0 saturated carbocycles. The smallest absolute Gasteiger partial charge is 0.309 e. The minimum atomic E-state index is -0.919. The van der Waals surface area contributed by atoms with E-state index < -0.39 is 5.97 Å². The van der Waals surface area contributed by atoms with E-state index in [4.69, 9.17) is 9.52 Å². The van der Waals surface area contributed by atoms with Crippen LogP contribution in [-0.2, 0) is 11.2 Å². The minimum absolute atomic E-state index is 0.125. The van der Waals surface area contributed by atoms with Crippen molar-refractivity contribution in [2.45, 2.75) is 13.3 Å². The number of hydrogen-bond acceptors (Lipinski definition) is 4. The molecule has 0 aliphatic heterocycles. The predicted molar refractivity (Wildman–Crippen MR) is 55.8 cm³/mol. The maximum atomic E-state index is 10.6. The Hall–Kier alpha value is -2.17. The van der Waals surface area contributed by atoms with E-state index in [0.29, 0.717) is 17.3 Å². The molecule has 5 heteroatoms. The Morgan fingerprint density at radius 3 is 2.75 bits per heavy atom. The highest BCUT2D eigenvalue weighted by Gasteiger charge is 2.13. The van der Waals surface area contributed by atoms with Crippen LogP contribution in [-0.4, -0.2) is 21.0 Å². The molecular weight excluding hydrogens is 208 g/mol. The van der Waals surface area contributed by atoms with Gasteiger partial charge in [-0.15, -0.1) is 0 Å². The number of carboxylic acids is 1. The highest BCUT2D eigenvalue weighted by Crippen LogP contribution is 2.20. The van der Waals surface area contributed by atoms with E-state index in [0.717, 1.165) is 5.56 Å². The van der Waals surface area contributed by atoms with Crippen molar-refractivity contribution in [3.05, 3.63) is 36.0 Å². The zero-order valence-corrected chi connectivity index (χ0v) is 8.67. The first-order chi connectivity index (χ1) is 7.66. The SMILES string of the molecule is Cc1oc(-c2ccncc2)nc1CC(=O)O. The van der Waals surface area contributed by atoms with Crippen molar-refractivity contribution in [1.29, 1.82) is 0 Å². The molecule has 82 valence electrons. The maximum Gasteiger partial charge on any atom is 0.309 e. The van der Waals surface area contributed by atoms with Crippen molar-refractivity contribution in [3.8, 4) is 11.5 Å². The molecule has 0 amide bonds. The fraction of sp³-hybridized carbons (Fsp3) is 0.182. The zero-order chi connectivity index (χ0) is 11.5. The molecule has 1 N–H and O–H groups in total.